The maximum atomic E-state index is 9.23. The van der Waals surface area contributed by atoms with E-state index in [-0.39, 0.29) is 0 Å². The highest BCUT2D eigenvalue weighted by molar-refractivity contribution is 5.82. The number of benzene rings is 1. The van der Waals surface area contributed by atoms with Crippen LogP contribution in [-0.2, 0) is 6.54 Å². The second kappa shape index (κ2) is 7.81. The second-order valence-electron chi connectivity index (χ2n) is 7.28. The Bertz CT molecular complexity index is 1440. The zero-order valence-electron chi connectivity index (χ0n) is 16.9. The highest BCUT2D eigenvalue weighted by Gasteiger charge is 2.18. The number of aryl methyl sites for hydroxylation is 1. The number of nitrogens with zero attached hydrogens (tertiary/aromatic N) is 6. The standard InChI is InChI=1S/C25H18N6/c1-17-5-2-8-24(29-17)25-20(21-10-11-22-23(30-21)9-4-12-27-22)15-28-31(25)16-19-7-3-6-18(13-19)14-26/h2-13,15H,16H2,1H3. The highest BCUT2D eigenvalue weighted by atomic mass is 15.3. The Morgan fingerprint density at radius 2 is 1.81 bits per heavy atom. The monoisotopic (exact) mass is 402 g/mol. The fraction of sp³-hybridized carbons (Fsp3) is 0.0800. The van der Waals surface area contributed by atoms with Crippen molar-refractivity contribution in [3.8, 4) is 28.7 Å². The number of pyridine rings is 3. The quantitative estimate of drug-likeness (QED) is 0.432. The lowest BCUT2D eigenvalue weighted by Gasteiger charge is -2.11. The molecule has 0 fully saturated rings. The number of aromatic nitrogens is 5. The maximum absolute atomic E-state index is 9.23. The van der Waals surface area contributed by atoms with Crippen LogP contribution in [0.2, 0.25) is 0 Å². The molecular formula is C25H18N6. The van der Waals surface area contributed by atoms with Crippen LogP contribution in [0, 0.1) is 18.3 Å². The van der Waals surface area contributed by atoms with Crippen molar-refractivity contribution in [1.29, 1.82) is 5.26 Å². The molecule has 4 aromatic heterocycles. The Morgan fingerprint density at radius 1 is 0.903 bits per heavy atom. The summed E-state index contributed by atoms with van der Waals surface area (Å²) >= 11 is 0. The van der Waals surface area contributed by atoms with Gasteiger partial charge in [0.15, 0.2) is 0 Å². The normalized spacial score (nSPS) is 10.8. The molecule has 1 aromatic carbocycles. The SMILES string of the molecule is Cc1cccc(-c2c(-c3ccc4ncccc4n3)cnn2Cc2cccc(C#N)c2)n1. The zero-order valence-corrected chi connectivity index (χ0v) is 16.9. The Hall–Kier alpha value is -4.37. The molecule has 0 aliphatic rings. The first-order chi connectivity index (χ1) is 15.2. The van der Waals surface area contributed by atoms with Gasteiger partial charge in [-0.05, 0) is 61.0 Å². The molecule has 0 saturated carbocycles. The van der Waals surface area contributed by atoms with Gasteiger partial charge in [0.2, 0.25) is 0 Å². The number of nitriles is 1. The van der Waals surface area contributed by atoms with Crippen molar-refractivity contribution >= 4 is 11.0 Å². The van der Waals surface area contributed by atoms with Gasteiger partial charge in [-0.25, -0.2) is 4.98 Å². The van der Waals surface area contributed by atoms with Crippen molar-refractivity contribution in [3.05, 3.63) is 95.9 Å². The summed E-state index contributed by atoms with van der Waals surface area (Å²) in [6.45, 7) is 2.50. The van der Waals surface area contributed by atoms with E-state index in [1.807, 2.05) is 78.5 Å². The van der Waals surface area contributed by atoms with Crippen LogP contribution >= 0.6 is 0 Å². The Kier molecular flexibility index (Phi) is 4.70. The molecule has 0 spiro atoms. The van der Waals surface area contributed by atoms with Crippen LogP contribution in [0.3, 0.4) is 0 Å². The summed E-state index contributed by atoms with van der Waals surface area (Å²) in [7, 11) is 0. The molecule has 0 bridgehead atoms. The molecule has 4 heterocycles. The molecule has 5 aromatic rings. The molecule has 0 unspecified atom stereocenters. The molecule has 5 rings (SSSR count). The summed E-state index contributed by atoms with van der Waals surface area (Å²) < 4.78 is 1.92. The van der Waals surface area contributed by atoms with Crippen molar-refractivity contribution in [3.63, 3.8) is 0 Å². The van der Waals surface area contributed by atoms with Crippen molar-refractivity contribution in [2.45, 2.75) is 13.5 Å². The van der Waals surface area contributed by atoms with E-state index in [2.05, 4.69) is 16.2 Å². The third-order valence-electron chi connectivity index (χ3n) is 5.09. The van der Waals surface area contributed by atoms with E-state index in [0.29, 0.717) is 12.1 Å². The van der Waals surface area contributed by atoms with E-state index < -0.39 is 0 Å². The van der Waals surface area contributed by atoms with Crippen molar-refractivity contribution in [1.82, 2.24) is 24.7 Å². The largest absolute Gasteiger partial charge is 0.258 e. The summed E-state index contributed by atoms with van der Waals surface area (Å²) in [6.07, 6.45) is 3.59. The van der Waals surface area contributed by atoms with E-state index in [0.717, 1.165) is 44.9 Å². The van der Waals surface area contributed by atoms with Crippen LogP contribution < -0.4 is 0 Å². The molecular weight excluding hydrogens is 384 g/mol. The minimum Gasteiger partial charge on any atom is -0.258 e. The lowest BCUT2D eigenvalue weighted by atomic mass is 10.1. The van der Waals surface area contributed by atoms with Crippen LogP contribution in [0.25, 0.3) is 33.7 Å². The van der Waals surface area contributed by atoms with E-state index in [1.165, 1.54) is 0 Å². The minimum atomic E-state index is 0.523. The van der Waals surface area contributed by atoms with Gasteiger partial charge in [0.25, 0.3) is 0 Å². The number of hydrogen-bond acceptors (Lipinski definition) is 5. The van der Waals surface area contributed by atoms with Gasteiger partial charge >= 0.3 is 0 Å². The first-order valence-corrected chi connectivity index (χ1v) is 9.92. The fourth-order valence-corrected chi connectivity index (χ4v) is 3.66. The van der Waals surface area contributed by atoms with Crippen LogP contribution in [-0.4, -0.2) is 24.7 Å². The van der Waals surface area contributed by atoms with Crippen molar-refractivity contribution < 1.29 is 0 Å². The number of rotatable bonds is 4. The lowest BCUT2D eigenvalue weighted by Crippen LogP contribution is -2.05. The van der Waals surface area contributed by atoms with Crippen molar-refractivity contribution in [2.24, 2.45) is 0 Å². The van der Waals surface area contributed by atoms with Crippen LogP contribution in [0.4, 0.5) is 0 Å². The molecule has 0 N–H and O–H groups in total. The van der Waals surface area contributed by atoms with Crippen LogP contribution in [0.5, 0.6) is 0 Å². The third kappa shape index (κ3) is 3.65. The lowest BCUT2D eigenvalue weighted by molar-refractivity contribution is 0.692. The summed E-state index contributed by atoms with van der Waals surface area (Å²) in [4.78, 5) is 13.9. The Morgan fingerprint density at radius 3 is 2.68 bits per heavy atom. The zero-order chi connectivity index (χ0) is 21.2. The summed E-state index contributed by atoms with van der Waals surface area (Å²) in [5.41, 5.74) is 7.68. The average molecular weight is 402 g/mol. The molecule has 6 heteroatoms. The van der Waals surface area contributed by atoms with E-state index in [9.17, 15) is 5.26 Å². The summed E-state index contributed by atoms with van der Waals surface area (Å²) in [6, 6.07) is 23.5. The molecule has 0 aliphatic carbocycles. The minimum absolute atomic E-state index is 0.523. The topological polar surface area (TPSA) is 80.3 Å². The van der Waals surface area contributed by atoms with Gasteiger partial charge in [-0.1, -0.05) is 18.2 Å². The summed E-state index contributed by atoms with van der Waals surface area (Å²) in [5.74, 6) is 0. The first kappa shape index (κ1) is 18.6. The number of hydrogen-bond donors (Lipinski definition) is 0. The van der Waals surface area contributed by atoms with Crippen LogP contribution in [0.1, 0.15) is 16.8 Å². The molecule has 148 valence electrons. The Balaban J connectivity index is 1.67. The van der Waals surface area contributed by atoms with Gasteiger partial charge in [0, 0.05) is 17.5 Å². The number of fused-ring (bicyclic) bond motifs is 1. The molecule has 0 radical (unpaired) electrons. The smallest absolute Gasteiger partial charge is 0.0991 e. The third-order valence-corrected chi connectivity index (χ3v) is 5.09. The van der Waals surface area contributed by atoms with Gasteiger partial charge in [0.05, 0.1) is 52.5 Å². The van der Waals surface area contributed by atoms with E-state index in [1.54, 1.807) is 12.3 Å². The molecule has 0 amide bonds. The first-order valence-electron chi connectivity index (χ1n) is 9.92. The molecule has 0 aliphatic heterocycles. The average Bonchev–Trinajstić information content (AvgIpc) is 3.22. The molecule has 0 saturated heterocycles. The van der Waals surface area contributed by atoms with Gasteiger partial charge in [0.1, 0.15) is 0 Å². The highest BCUT2D eigenvalue weighted by Crippen LogP contribution is 2.31. The van der Waals surface area contributed by atoms with Gasteiger partial charge in [-0.3, -0.25) is 14.6 Å². The van der Waals surface area contributed by atoms with E-state index >= 15 is 0 Å². The van der Waals surface area contributed by atoms with Crippen molar-refractivity contribution in [2.75, 3.05) is 0 Å². The predicted molar refractivity (Wildman–Crippen MR) is 119 cm³/mol. The molecule has 31 heavy (non-hydrogen) atoms. The molecule has 0 atom stereocenters. The Labute approximate surface area is 179 Å². The van der Waals surface area contributed by atoms with Crippen LogP contribution in [0.15, 0.2) is 79.1 Å². The summed E-state index contributed by atoms with van der Waals surface area (Å²) in [5, 5.41) is 13.9. The van der Waals surface area contributed by atoms with E-state index in [4.69, 9.17) is 9.97 Å². The van der Waals surface area contributed by atoms with Gasteiger partial charge in [-0.2, -0.15) is 10.4 Å². The maximum Gasteiger partial charge on any atom is 0.0991 e. The van der Waals surface area contributed by atoms with Gasteiger partial charge < -0.3 is 0 Å². The fourth-order valence-electron chi connectivity index (χ4n) is 3.66. The second-order valence-corrected chi connectivity index (χ2v) is 7.28. The van der Waals surface area contributed by atoms with Gasteiger partial charge in [-0.15, -0.1) is 0 Å². The molecule has 6 nitrogen and oxygen atoms in total. The predicted octanol–water partition coefficient (Wildman–Crippen LogP) is 4.78.